The number of aromatic carboxylic acids is 1. The van der Waals surface area contributed by atoms with Crippen molar-refractivity contribution < 1.29 is 19.4 Å². The summed E-state index contributed by atoms with van der Waals surface area (Å²) in [5, 5.41) is 11.8. The van der Waals surface area contributed by atoms with Gasteiger partial charge in [0, 0.05) is 33.4 Å². The first kappa shape index (κ1) is 14.3. The van der Waals surface area contributed by atoms with Crippen LogP contribution in [0.2, 0.25) is 0 Å². The largest absolute Gasteiger partial charge is 0.478 e. The normalized spacial score (nSPS) is 13.2. The highest BCUT2D eigenvalue weighted by atomic mass is 16.5. The number of carboxylic acid groups (broad SMARTS) is 1. The lowest BCUT2D eigenvalue weighted by atomic mass is 10.1. The predicted molar refractivity (Wildman–Crippen MR) is 72.5 cm³/mol. The molecular formula is C14H18N2O4. The van der Waals surface area contributed by atoms with Gasteiger partial charge in [0.15, 0.2) is 0 Å². The summed E-state index contributed by atoms with van der Waals surface area (Å²) in [6, 6.07) is 4.85. The minimum absolute atomic E-state index is 0.130. The molecule has 6 heteroatoms. The number of urea groups is 1. The number of amides is 2. The quantitative estimate of drug-likeness (QED) is 0.799. The van der Waals surface area contributed by atoms with E-state index in [9.17, 15) is 9.59 Å². The molecule has 1 aliphatic rings. The molecule has 0 aromatic heterocycles. The topological polar surface area (TPSA) is 78.9 Å². The van der Waals surface area contributed by atoms with Crippen LogP contribution in [-0.4, -0.2) is 42.3 Å². The molecule has 2 amide bonds. The maximum absolute atomic E-state index is 12.0. The number of hydrogen-bond donors (Lipinski definition) is 2. The Kier molecular flexibility index (Phi) is 4.57. The van der Waals surface area contributed by atoms with E-state index in [0.29, 0.717) is 26.2 Å². The van der Waals surface area contributed by atoms with Crippen LogP contribution >= 0.6 is 0 Å². The van der Waals surface area contributed by atoms with Gasteiger partial charge >= 0.3 is 12.0 Å². The monoisotopic (exact) mass is 278 g/mol. The lowest BCUT2D eigenvalue weighted by molar-refractivity contribution is 0.0696. The van der Waals surface area contributed by atoms with E-state index >= 15 is 0 Å². The van der Waals surface area contributed by atoms with Gasteiger partial charge in [0.05, 0.1) is 5.56 Å². The summed E-state index contributed by atoms with van der Waals surface area (Å²) < 4.78 is 4.91. The van der Waals surface area contributed by atoms with Crippen molar-refractivity contribution in [3.63, 3.8) is 0 Å². The Morgan fingerprint density at radius 3 is 2.80 bits per heavy atom. The van der Waals surface area contributed by atoms with Crippen LogP contribution in [0.25, 0.3) is 0 Å². The minimum Gasteiger partial charge on any atom is -0.478 e. The van der Waals surface area contributed by atoms with Crippen LogP contribution in [0.3, 0.4) is 0 Å². The zero-order chi connectivity index (χ0) is 14.5. The van der Waals surface area contributed by atoms with Crippen molar-refractivity contribution in [1.82, 2.24) is 10.2 Å². The van der Waals surface area contributed by atoms with Crippen LogP contribution in [0.4, 0.5) is 4.79 Å². The first-order valence-electron chi connectivity index (χ1n) is 6.48. The van der Waals surface area contributed by atoms with E-state index < -0.39 is 5.97 Å². The number of nitrogens with one attached hydrogen (secondary N) is 1. The average Bonchev–Trinajstić information content (AvgIpc) is 2.86. The number of carbonyl (C=O) groups excluding carboxylic acids is 1. The Morgan fingerprint density at radius 2 is 2.10 bits per heavy atom. The number of hydrogen-bond acceptors (Lipinski definition) is 3. The zero-order valence-electron chi connectivity index (χ0n) is 11.4. The Bertz CT molecular complexity index is 516. The van der Waals surface area contributed by atoms with E-state index in [1.165, 1.54) is 0 Å². The fraction of sp³-hybridized carbons (Fsp3) is 0.429. The van der Waals surface area contributed by atoms with Crippen molar-refractivity contribution in [3.05, 3.63) is 34.9 Å². The van der Waals surface area contributed by atoms with E-state index in [1.54, 1.807) is 30.2 Å². The first-order valence-corrected chi connectivity index (χ1v) is 6.48. The molecule has 0 radical (unpaired) electrons. The van der Waals surface area contributed by atoms with E-state index in [2.05, 4.69) is 5.32 Å². The second kappa shape index (κ2) is 6.38. The highest BCUT2D eigenvalue weighted by Crippen LogP contribution is 2.23. The number of fused-ring (bicyclic) bond motifs is 1. The Hall–Kier alpha value is -2.08. The number of rotatable bonds is 5. The van der Waals surface area contributed by atoms with Gasteiger partial charge in [-0.25, -0.2) is 9.59 Å². The smallest absolute Gasteiger partial charge is 0.335 e. The van der Waals surface area contributed by atoms with Crippen LogP contribution in [0.5, 0.6) is 0 Å². The van der Waals surface area contributed by atoms with Gasteiger partial charge in [-0.1, -0.05) is 6.07 Å². The molecule has 0 aliphatic carbocycles. The predicted octanol–water partition coefficient (Wildman–Crippen LogP) is 1.45. The molecular weight excluding hydrogens is 260 g/mol. The van der Waals surface area contributed by atoms with Crippen LogP contribution in [0.1, 0.15) is 27.9 Å². The van der Waals surface area contributed by atoms with Crippen molar-refractivity contribution in [2.24, 2.45) is 0 Å². The van der Waals surface area contributed by atoms with E-state index in [-0.39, 0.29) is 11.6 Å². The molecule has 1 aromatic carbocycles. The van der Waals surface area contributed by atoms with E-state index in [4.69, 9.17) is 9.84 Å². The van der Waals surface area contributed by atoms with Gasteiger partial charge in [-0.05, 0) is 29.7 Å². The van der Waals surface area contributed by atoms with Crippen LogP contribution in [0, 0.1) is 0 Å². The Balaban J connectivity index is 1.92. The lowest BCUT2D eigenvalue weighted by Gasteiger charge is -2.16. The molecule has 2 N–H and O–H groups in total. The molecule has 1 heterocycles. The summed E-state index contributed by atoms with van der Waals surface area (Å²) >= 11 is 0. The lowest BCUT2D eigenvalue weighted by Crippen LogP contribution is -2.37. The molecule has 0 fully saturated rings. The third-order valence-electron chi connectivity index (χ3n) is 3.26. The summed E-state index contributed by atoms with van der Waals surface area (Å²) in [6.45, 7) is 2.15. The maximum atomic E-state index is 12.0. The second-order valence-electron chi connectivity index (χ2n) is 4.72. The number of nitrogens with zero attached hydrogens (tertiary/aromatic N) is 1. The number of carbonyl (C=O) groups is 2. The molecule has 1 aliphatic heterocycles. The third kappa shape index (κ3) is 3.27. The maximum Gasteiger partial charge on any atom is 0.335 e. The Labute approximate surface area is 117 Å². The number of methoxy groups -OCH3 is 1. The summed E-state index contributed by atoms with van der Waals surface area (Å²) in [7, 11) is 1.62. The van der Waals surface area contributed by atoms with Crippen molar-refractivity contribution in [2.75, 3.05) is 20.3 Å². The third-order valence-corrected chi connectivity index (χ3v) is 3.26. The highest BCUT2D eigenvalue weighted by molar-refractivity contribution is 5.88. The van der Waals surface area contributed by atoms with Gasteiger partial charge in [-0.15, -0.1) is 0 Å². The highest BCUT2D eigenvalue weighted by Gasteiger charge is 2.23. The van der Waals surface area contributed by atoms with E-state index in [0.717, 1.165) is 17.5 Å². The molecule has 2 rings (SSSR count). The van der Waals surface area contributed by atoms with Gasteiger partial charge in [0.2, 0.25) is 0 Å². The Morgan fingerprint density at radius 1 is 1.35 bits per heavy atom. The van der Waals surface area contributed by atoms with Gasteiger partial charge in [0.25, 0.3) is 0 Å². The molecule has 1 aromatic rings. The summed E-state index contributed by atoms with van der Waals surface area (Å²) in [6.07, 6.45) is 0.770. The van der Waals surface area contributed by atoms with Crippen molar-refractivity contribution in [2.45, 2.75) is 19.5 Å². The molecule has 20 heavy (non-hydrogen) atoms. The van der Waals surface area contributed by atoms with Crippen molar-refractivity contribution in [1.29, 1.82) is 0 Å². The molecule has 0 spiro atoms. The van der Waals surface area contributed by atoms with Crippen LogP contribution in [-0.2, 0) is 17.8 Å². The van der Waals surface area contributed by atoms with Gasteiger partial charge in [-0.3, -0.25) is 0 Å². The summed E-state index contributed by atoms with van der Waals surface area (Å²) in [5.74, 6) is -0.949. The minimum atomic E-state index is -0.949. The van der Waals surface area contributed by atoms with Crippen molar-refractivity contribution >= 4 is 12.0 Å². The average molecular weight is 278 g/mol. The number of carboxylic acids is 1. The fourth-order valence-corrected chi connectivity index (χ4v) is 2.19. The van der Waals surface area contributed by atoms with Gasteiger partial charge in [0.1, 0.15) is 0 Å². The summed E-state index contributed by atoms with van der Waals surface area (Å²) in [4.78, 5) is 24.5. The number of ether oxygens (including phenoxy) is 1. The molecule has 6 nitrogen and oxygen atoms in total. The van der Waals surface area contributed by atoms with E-state index in [1.807, 2.05) is 0 Å². The SMILES string of the molecule is COCCCNC(=O)N1Cc2ccc(C(=O)O)cc2C1. The molecule has 108 valence electrons. The van der Waals surface area contributed by atoms with Crippen LogP contribution in [0.15, 0.2) is 18.2 Å². The van der Waals surface area contributed by atoms with Gasteiger partial charge < -0.3 is 20.1 Å². The zero-order valence-corrected chi connectivity index (χ0v) is 11.4. The molecule has 0 saturated carbocycles. The van der Waals surface area contributed by atoms with Gasteiger partial charge in [-0.2, -0.15) is 0 Å². The standard InChI is InChI=1S/C14H18N2O4/c1-20-6-2-5-15-14(19)16-8-11-4-3-10(13(17)18)7-12(11)9-16/h3-4,7H,2,5-6,8-9H2,1H3,(H,15,19)(H,17,18). The summed E-state index contributed by atoms with van der Waals surface area (Å²) in [5.41, 5.74) is 2.16. The number of benzene rings is 1. The molecule has 0 atom stereocenters. The van der Waals surface area contributed by atoms with Crippen molar-refractivity contribution in [3.8, 4) is 0 Å². The van der Waals surface area contributed by atoms with Crippen LogP contribution < -0.4 is 5.32 Å². The fourth-order valence-electron chi connectivity index (χ4n) is 2.19. The molecule has 0 saturated heterocycles. The first-order chi connectivity index (χ1) is 9.61. The molecule has 0 bridgehead atoms. The second-order valence-corrected chi connectivity index (χ2v) is 4.72. The molecule has 0 unspecified atom stereocenters.